The molecule has 0 radical (unpaired) electrons. The van der Waals surface area contributed by atoms with Crippen LogP contribution >= 0.6 is 0 Å². The molecule has 0 spiro atoms. The molecule has 0 heterocycles. The van der Waals surface area contributed by atoms with Gasteiger partial charge in [-0.2, -0.15) is 5.06 Å². The lowest BCUT2D eigenvalue weighted by Gasteiger charge is -2.21. The van der Waals surface area contributed by atoms with Crippen molar-refractivity contribution >= 4 is 6.41 Å². The molecule has 0 saturated carbocycles. The largest absolute Gasteiger partial charge is 0.481 e. The second-order valence-corrected chi connectivity index (χ2v) is 4.21. The Morgan fingerprint density at radius 2 is 2.10 bits per heavy atom. The van der Waals surface area contributed by atoms with E-state index in [1.165, 1.54) is 0 Å². The minimum atomic E-state index is 0.213. The first kappa shape index (κ1) is 16.0. The third-order valence-corrected chi connectivity index (χ3v) is 2.82. The number of hydrogen-bond acceptors (Lipinski definition) is 4. The van der Waals surface area contributed by atoms with Gasteiger partial charge in [0.15, 0.2) is 0 Å². The van der Waals surface area contributed by atoms with Crippen molar-refractivity contribution in [3.05, 3.63) is 29.8 Å². The van der Waals surface area contributed by atoms with Crippen LogP contribution in [0.5, 0.6) is 5.75 Å². The number of amides is 1. The van der Waals surface area contributed by atoms with Crippen LogP contribution in [0.4, 0.5) is 0 Å². The molecule has 5 heteroatoms. The Morgan fingerprint density at radius 1 is 1.35 bits per heavy atom. The summed E-state index contributed by atoms with van der Waals surface area (Å²) in [5.41, 5.74) is 0.926. The van der Waals surface area contributed by atoms with Gasteiger partial charge in [0.05, 0.1) is 7.11 Å². The number of nitrogens with zero attached hydrogens (tertiary/aromatic N) is 2. The molecular weight excluding hydrogens is 256 g/mol. The first-order valence-corrected chi connectivity index (χ1v) is 6.30. The molecule has 20 heavy (non-hydrogen) atoms. The monoisotopic (exact) mass is 276 g/mol. The number of hydroxylamine groups is 2. The Hall–Kier alpha value is -2.03. The molecule has 5 nitrogen and oxygen atoms in total. The average Bonchev–Trinajstić information content (AvgIpc) is 2.49. The van der Waals surface area contributed by atoms with Gasteiger partial charge in [-0.3, -0.25) is 4.79 Å². The number of hydrogen-bond donors (Lipinski definition) is 0. The molecule has 0 aliphatic rings. The number of carbonyl (C=O) groups is 1. The topological polar surface area (TPSA) is 42.0 Å². The zero-order valence-corrected chi connectivity index (χ0v) is 11.9. The SMILES string of the molecule is C#CCOc1ccccc1CN(C=O)CCN(C)OC. The molecule has 0 fully saturated rings. The van der Waals surface area contributed by atoms with Crippen molar-refractivity contribution in [1.29, 1.82) is 0 Å². The van der Waals surface area contributed by atoms with E-state index in [1.54, 1.807) is 17.1 Å². The minimum absolute atomic E-state index is 0.213. The third kappa shape index (κ3) is 5.31. The van der Waals surface area contributed by atoms with Crippen molar-refractivity contribution in [3.8, 4) is 18.1 Å². The van der Waals surface area contributed by atoms with Crippen molar-refractivity contribution < 1.29 is 14.4 Å². The van der Waals surface area contributed by atoms with Gasteiger partial charge in [-0.05, 0) is 6.07 Å². The Balaban J connectivity index is 2.65. The number of terminal acetylenes is 1. The van der Waals surface area contributed by atoms with Crippen LogP contribution in [0.3, 0.4) is 0 Å². The molecule has 0 bridgehead atoms. The van der Waals surface area contributed by atoms with Gasteiger partial charge in [-0.1, -0.05) is 24.1 Å². The van der Waals surface area contributed by atoms with Crippen molar-refractivity contribution in [1.82, 2.24) is 9.96 Å². The van der Waals surface area contributed by atoms with Crippen molar-refractivity contribution in [3.63, 3.8) is 0 Å². The van der Waals surface area contributed by atoms with Crippen molar-refractivity contribution in [2.45, 2.75) is 6.54 Å². The fourth-order valence-corrected chi connectivity index (χ4v) is 1.64. The molecule has 0 aliphatic heterocycles. The Labute approximate surface area is 120 Å². The highest BCUT2D eigenvalue weighted by molar-refractivity contribution is 5.48. The number of likely N-dealkylation sites (N-methyl/N-ethyl adjacent to an activating group) is 1. The van der Waals surface area contributed by atoms with E-state index in [-0.39, 0.29) is 6.61 Å². The highest BCUT2D eigenvalue weighted by Gasteiger charge is 2.09. The Bertz CT molecular complexity index is 457. The molecular formula is C15H20N2O3. The maximum atomic E-state index is 11.1. The number of benzene rings is 1. The summed E-state index contributed by atoms with van der Waals surface area (Å²) in [4.78, 5) is 17.8. The third-order valence-electron chi connectivity index (χ3n) is 2.82. The van der Waals surface area contributed by atoms with Gasteiger partial charge < -0.3 is 14.5 Å². The fourth-order valence-electron chi connectivity index (χ4n) is 1.64. The maximum Gasteiger partial charge on any atom is 0.210 e. The lowest BCUT2D eigenvalue weighted by molar-refractivity contribution is -0.126. The van der Waals surface area contributed by atoms with E-state index in [2.05, 4.69) is 5.92 Å². The van der Waals surface area contributed by atoms with Crippen LogP contribution in [0.15, 0.2) is 24.3 Å². The zero-order chi connectivity index (χ0) is 14.8. The number of para-hydroxylation sites is 1. The number of carbonyl (C=O) groups excluding carboxylic acids is 1. The van der Waals surface area contributed by atoms with E-state index < -0.39 is 0 Å². The lowest BCUT2D eigenvalue weighted by Crippen LogP contribution is -2.31. The minimum Gasteiger partial charge on any atom is -0.481 e. The second kappa shape index (κ2) is 8.97. The van der Waals surface area contributed by atoms with Crippen molar-refractivity contribution in [2.75, 3.05) is 33.9 Å². The molecule has 1 aromatic carbocycles. The summed E-state index contributed by atoms with van der Waals surface area (Å²) < 4.78 is 5.46. The Kier molecular flexibility index (Phi) is 7.18. The lowest BCUT2D eigenvalue weighted by atomic mass is 10.2. The highest BCUT2D eigenvalue weighted by Crippen LogP contribution is 2.19. The summed E-state index contributed by atoms with van der Waals surface area (Å²) in [5.74, 6) is 3.14. The summed E-state index contributed by atoms with van der Waals surface area (Å²) in [7, 11) is 3.40. The van der Waals surface area contributed by atoms with Gasteiger partial charge in [0.2, 0.25) is 6.41 Å². The smallest absolute Gasteiger partial charge is 0.210 e. The Morgan fingerprint density at radius 3 is 2.75 bits per heavy atom. The fraction of sp³-hybridized carbons (Fsp3) is 0.400. The normalized spacial score (nSPS) is 10.1. The van der Waals surface area contributed by atoms with Gasteiger partial charge in [-0.15, -0.1) is 6.42 Å². The molecule has 0 aliphatic carbocycles. The summed E-state index contributed by atoms with van der Waals surface area (Å²) in [5, 5.41) is 1.66. The van der Waals surface area contributed by atoms with Crippen LogP contribution in [0.1, 0.15) is 5.56 Å². The van der Waals surface area contributed by atoms with Gasteiger partial charge in [0.1, 0.15) is 12.4 Å². The predicted octanol–water partition coefficient (Wildman–Crippen LogP) is 1.15. The van der Waals surface area contributed by atoms with Crippen LogP contribution < -0.4 is 4.74 Å². The summed E-state index contributed by atoms with van der Waals surface area (Å²) >= 11 is 0. The molecule has 0 saturated heterocycles. The molecule has 1 amide bonds. The van der Waals surface area contributed by atoms with E-state index in [9.17, 15) is 4.79 Å². The van der Waals surface area contributed by atoms with Crippen LogP contribution in [-0.2, 0) is 16.2 Å². The second-order valence-electron chi connectivity index (χ2n) is 4.21. The standard InChI is InChI=1S/C15H20N2O3/c1-4-11-20-15-8-6-5-7-14(15)12-17(13-18)10-9-16(2)19-3/h1,5-8,13H,9-12H2,2-3H3. The summed E-state index contributed by atoms with van der Waals surface area (Å²) in [6.45, 7) is 1.88. The molecule has 0 unspecified atom stereocenters. The van der Waals surface area contributed by atoms with Gasteiger partial charge in [-0.25, -0.2) is 0 Å². The molecule has 0 aromatic heterocycles. The van der Waals surface area contributed by atoms with Crippen LogP contribution in [-0.4, -0.2) is 50.2 Å². The average molecular weight is 276 g/mol. The van der Waals surface area contributed by atoms with Gasteiger partial charge in [0.25, 0.3) is 0 Å². The first-order chi connectivity index (χ1) is 9.71. The van der Waals surface area contributed by atoms with Gasteiger partial charge >= 0.3 is 0 Å². The van der Waals surface area contributed by atoms with Crippen LogP contribution in [0.2, 0.25) is 0 Å². The first-order valence-electron chi connectivity index (χ1n) is 6.30. The summed E-state index contributed by atoms with van der Waals surface area (Å²) in [6.07, 6.45) is 6.01. The summed E-state index contributed by atoms with van der Waals surface area (Å²) in [6, 6.07) is 7.54. The van der Waals surface area contributed by atoms with Crippen LogP contribution in [0, 0.1) is 12.3 Å². The molecule has 1 rings (SSSR count). The highest BCUT2D eigenvalue weighted by atomic mass is 16.7. The molecule has 108 valence electrons. The molecule has 0 N–H and O–H groups in total. The molecule has 1 aromatic rings. The van der Waals surface area contributed by atoms with E-state index in [0.717, 1.165) is 12.0 Å². The van der Waals surface area contributed by atoms with Crippen LogP contribution in [0.25, 0.3) is 0 Å². The van der Waals surface area contributed by atoms with Crippen molar-refractivity contribution in [2.24, 2.45) is 0 Å². The van der Waals surface area contributed by atoms with Gasteiger partial charge in [0, 0.05) is 32.2 Å². The van der Waals surface area contributed by atoms with E-state index in [4.69, 9.17) is 16.0 Å². The quantitative estimate of drug-likeness (QED) is 0.385. The maximum absolute atomic E-state index is 11.1. The van der Waals surface area contributed by atoms with E-state index in [1.807, 2.05) is 31.3 Å². The predicted molar refractivity (Wildman–Crippen MR) is 76.9 cm³/mol. The molecule has 0 atom stereocenters. The number of rotatable bonds is 9. The zero-order valence-electron chi connectivity index (χ0n) is 11.9. The number of ether oxygens (including phenoxy) is 1. The van der Waals surface area contributed by atoms with E-state index >= 15 is 0 Å². The van der Waals surface area contributed by atoms with E-state index in [0.29, 0.717) is 25.4 Å².